The Bertz CT molecular complexity index is 376. The summed E-state index contributed by atoms with van der Waals surface area (Å²) in [7, 11) is 0. The van der Waals surface area contributed by atoms with Gasteiger partial charge in [-0.25, -0.2) is 0 Å². The minimum Gasteiger partial charge on any atom is -0.492 e. The quantitative estimate of drug-likeness (QED) is 0.800. The fraction of sp³-hybridized carbons (Fsp3) is 0.538. The summed E-state index contributed by atoms with van der Waals surface area (Å²) < 4.78 is 5.93. The Morgan fingerprint density at radius 2 is 1.88 bits per heavy atom. The van der Waals surface area contributed by atoms with Crippen molar-refractivity contribution >= 4 is 24.2 Å². The van der Waals surface area contributed by atoms with Crippen molar-refractivity contribution in [3.05, 3.63) is 28.3 Å². The van der Waals surface area contributed by atoms with Crippen molar-refractivity contribution in [2.24, 2.45) is 5.41 Å². The Labute approximate surface area is 108 Å². The largest absolute Gasteiger partial charge is 0.492 e. The van der Waals surface area contributed by atoms with Crippen molar-refractivity contribution in [3.8, 4) is 5.75 Å². The summed E-state index contributed by atoms with van der Waals surface area (Å²) >= 11 is 10.4. The highest BCUT2D eigenvalue weighted by Crippen LogP contribution is 2.47. The second-order valence-electron chi connectivity index (χ2n) is 4.82. The number of rotatable bonds is 4. The molecule has 1 aliphatic rings. The summed E-state index contributed by atoms with van der Waals surface area (Å²) in [5.41, 5.74) is 2.56. The molecule has 0 amide bonds. The van der Waals surface area contributed by atoms with Crippen molar-refractivity contribution < 1.29 is 4.74 Å². The smallest absolute Gasteiger partial charge is 0.125 e. The van der Waals surface area contributed by atoms with E-state index >= 15 is 0 Å². The number of halogens is 1. The van der Waals surface area contributed by atoms with Crippen LogP contribution < -0.4 is 4.74 Å². The van der Waals surface area contributed by atoms with Crippen molar-refractivity contribution in [1.29, 1.82) is 0 Å². The topological polar surface area (TPSA) is 9.23 Å². The third-order valence-electron chi connectivity index (χ3n) is 3.24. The van der Waals surface area contributed by atoms with E-state index in [0.29, 0.717) is 5.41 Å². The molecule has 0 aromatic heterocycles. The molecule has 1 aromatic rings. The summed E-state index contributed by atoms with van der Waals surface area (Å²) in [5, 5.41) is 0.776. The van der Waals surface area contributed by atoms with E-state index in [4.69, 9.17) is 16.3 Å². The summed E-state index contributed by atoms with van der Waals surface area (Å²) in [4.78, 5) is 0. The van der Waals surface area contributed by atoms with E-state index < -0.39 is 0 Å². The van der Waals surface area contributed by atoms with Crippen LogP contribution in [0.5, 0.6) is 5.75 Å². The van der Waals surface area contributed by atoms with Crippen LogP contribution in [0.3, 0.4) is 0 Å². The number of benzene rings is 1. The molecule has 0 N–H and O–H groups in total. The monoisotopic (exact) mass is 256 g/mol. The zero-order valence-corrected chi connectivity index (χ0v) is 11.4. The van der Waals surface area contributed by atoms with E-state index in [9.17, 15) is 0 Å². The van der Waals surface area contributed by atoms with Gasteiger partial charge in [0, 0.05) is 10.4 Å². The van der Waals surface area contributed by atoms with Crippen molar-refractivity contribution in [2.45, 2.75) is 26.7 Å². The standard InChI is InChI=1S/C13H17ClOS/c1-9-5-11(14)6-10(2)12(9)15-7-13(8-16)3-4-13/h5-6,16H,3-4,7-8H2,1-2H3. The lowest BCUT2D eigenvalue weighted by Gasteiger charge is -2.17. The van der Waals surface area contributed by atoms with Gasteiger partial charge in [0.05, 0.1) is 6.61 Å². The first-order valence-electron chi connectivity index (χ1n) is 5.57. The van der Waals surface area contributed by atoms with Crippen LogP contribution in [0.15, 0.2) is 12.1 Å². The van der Waals surface area contributed by atoms with E-state index in [1.54, 1.807) is 0 Å². The molecule has 1 aromatic carbocycles. The first-order chi connectivity index (χ1) is 7.56. The summed E-state index contributed by atoms with van der Waals surface area (Å²) in [6, 6.07) is 3.90. The Balaban J connectivity index is 2.09. The number of ether oxygens (including phenoxy) is 1. The molecule has 3 heteroatoms. The van der Waals surface area contributed by atoms with E-state index in [1.165, 1.54) is 12.8 Å². The van der Waals surface area contributed by atoms with E-state index in [1.807, 2.05) is 26.0 Å². The van der Waals surface area contributed by atoms with E-state index in [2.05, 4.69) is 12.6 Å². The Morgan fingerprint density at radius 3 is 2.31 bits per heavy atom. The maximum atomic E-state index is 5.98. The van der Waals surface area contributed by atoms with Gasteiger partial charge in [0.25, 0.3) is 0 Å². The SMILES string of the molecule is Cc1cc(Cl)cc(C)c1OCC1(CS)CC1. The highest BCUT2D eigenvalue weighted by atomic mass is 35.5. The predicted molar refractivity (Wildman–Crippen MR) is 71.9 cm³/mol. The van der Waals surface area contributed by atoms with Gasteiger partial charge in [0.1, 0.15) is 5.75 Å². The molecule has 1 saturated carbocycles. The van der Waals surface area contributed by atoms with E-state index in [-0.39, 0.29) is 0 Å². The van der Waals surface area contributed by atoms with Crippen molar-refractivity contribution in [2.75, 3.05) is 12.4 Å². The molecule has 88 valence electrons. The number of hydrogen-bond acceptors (Lipinski definition) is 2. The van der Waals surface area contributed by atoms with Gasteiger partial charge < -0.3 is 4.74 Å². The number of aryl methyl sites for hydroxylation is 2. The summed E-state index contributed by atoms with van der Waals surface area (Å²) in [6.07, 6.45) is 2.48. The van der Waals surface area contributed by atoms with Crippen LogP contribution in [0.4, 0.5) is 0 Å². The van der Waals surface area contributed by atoms with Crippen LogP contribution in [-0.2, 0) is 0 Å². The van der Waals surface area contributed by atoms with Crippen molar-refractivity contribution in [1.82, 2.24) is 0 Å². The van der Waals surface area contributed by atoms with Gasteiger partial charge in [0.2, 0.25) is 0 Å². The number of thiol groups is 1. The normalized spacial score (nSPS) is 17.2. The lowest BCUT2D eigenvalue weighted by Crippen LogP contribution is -2.15. The molecular weight excluding hydrogens is 240 g/mol. The molecule has 0 spiro atoms. The maximum absolute atomic E-state index is 5.98. The third kappa shape index (κ3) is 2.49. The van der Waals surface area contributed by atoms with Gasteiger partial charge >= 0.3 is 0 Å². The van der Waals surface area contributed by atoms with Gasteiger partial charge in [-0.05, 0) is 55.7 Å². The Morgan fingerprint density at radius 1 is 1.31 bits per heavy atom. The molecule has 2 rings (SSSR count). The molecule has 0 radical (unpaired) electrons. The third-order valence-corrected chi connectivity index (χ3v) is 4.13. The van der Waals surface area contributed by atoms with Crippen LogP contribution in [0.1, 0.15) is 24.0 Å². The molecule has 16 heavy (non-hydrogen) atoms. The number of hydrogen-bond donors (Lipinski definition) is 1. The van der Waals surface area contributed by atoms with Gasteiger partial charge in [-0.15, -0.1) is 0 Å². The van der Waals surface area contributed by atoms with Crippen LogP contribution in [-0.4, -0.2) is 12.4 Å². The minimum absolute atomic E-state index is 0.335. The maximum Gasteiger partial charge on any atom is 0.125 e. The Kier molecular flexibility index (Phi) is 3.41. The van der Waals surface area contributed by atoms with Gasteiger partial charge in [-0.2, -0.15) is 12.6 Å². The zero-order valence-electron chi connectivity index (χ0n) is 9.72. The van der Waals surface area contributed by atoms with Crippen LogP contribution in [0.2, 0.25) is 5.02 Å². The summed E-state index contributed by atoms with van der Waals surface area (Å²) in [6.45, 7) is 4.85. The minimum atomic E-state index is 0.335. The van der Waals surface area contributed by atoms with Gasteiger partial charge in [-0.1, -0.05) is 11.6 Å². The average Bonchev–Trinajstić information content (AvgIpc) is 2.97. The molecule has 0 saturated heterocycles. The fourth-order valence-electron chi connectivity index (χ4n) is 1.88. The Hall–Kier alpha value is -0.340. The molecule has 0 aliphatic heterocycles. The molecule has 0 bridgehead atoms. The fourth-order valence-corrected chi connectivity index (χ4v) is 2.61. The first kappa shape index (κ1) is 12.1. The first-order valence-corrected chi connectivity index (χ1v) is 6.58. The molecule has 1 fully saturated rings. The van der Waals surface area contributed by atoms with E-state index in [0.717, 1.165) is 34.3 Å². The predicted octanol–water partition coefficient (Wildman–Crippen LogP) is 4.05. The van der Waals surface area contributed by atoms with Gasteiger partial charge in [-0.3, -0.25) is 0 Å². The average molecular weight is 257 g/mol. The second-order valence-corrected chi connectivity index (χ2v) is 5.57. The molecule has 0 unspecified atom stereocenters. The molecule has 0 atom stereocenters. The van der Waals surface area contributed by atoms with Gasteiger partial charge in [0.15, 0.2) is 0 Å². The highest BCUT2D eigenvalue weighted by molar-refractivity contribution is 7.80. The van der Waals surface area contributed by atoms with Crippen LogP contribution in [0, 0.1) is 19.3 Å². The molecular formula is C13H17ClOS. The second kappa shape index (κ2) is 4.50. The van der Waals surface area contributed by atoms with Crippen molar-refractivity contribution in [3.63, 3.8) is 0 Å². The lowest BCUT2D eigenvalue weighted by molar-refractivity contribution is 0.248. The summed E-state index contributed by atoms with van der Waals surface area (Å²) in [5.74, 6) is 1.90. The zero-order chi connectivity index (χ0) is 11.8. The lowest BCUT2D eigenvalue weighted by atomic mass is 10.1. The van der Waals surface area contributed by atoms with Crippen LogP contribution >= 0.6 is 24.2 Å². The highest BCUT2D eigenvalue weighted by Gasteiger charge is 2.42. The molecule has 1 nitrogen and oxygen atoms in total. The molecule has 0 heterocycles. The molecule has 1 aliphatic carbocycles. The van der Waals surface area contributed by atoms with Crippen LogP contribution in [0.25, 0.3) is 0 Å².